The maximum absolute atomic E-state index is 14.0. The SMILES string of the molecule is COc1ccccc1CN(C(=O)Cn1nnc2ccccc21)[C@@H](C(=O)NC[C@@H]1CCCO1)c1ccccc1. The minimum absolute atomic E-state index is 0.0183. The Balaban J connectivity index is 1.50. The molecular formula is C29H31N5O4. The van der Waals surface area contributed by atoms with E-state index in [1.54, 1.807) is 16.7 Å². The Bertz CT molecular complexity index is 1380. The fourth-order valence-corrected chi connectivity index (χ4v) is 4.82. The second-order valence-electron chi connectivity index (χ2n) is 9.26. The van der Waals surface area contributed by atoms with Gasteiger partial charge in [0.25, 0.3) is 0 Å². The Hall–Kier alpha value is -4.24. The lowest BCUT2D eigenvalue weighted by Crippen LogP contribution is -2.46. The van der Waals surface area contributed by atoms with Crippen LogP contribution in [0.2, 0.25) is 0 Å². The van der Waals surface area contributed by atoms with Gasteiger partial charge in [-0.3, -0.25) is 9.59 Å². The number of carbonyl (C=O) groups is 2. The minimum Gasteiger partial charge on any atom is -0.496 e. The topological polar surface area (TPSA) is 98.6 Å². The Morgan fingerprint density at radius 1 is 1.08 bits per heavy atom. The van der Waals surface area contributed by atoms with Gasteiger partial charge >= 0.3 is 0 Å². The molecule has 0 unspecified atom stereocenters. The lowest BCUT2D eigenvalue weighted by Gasteiger charge is -2.32. The molecule has 2 amide bonds. The van der Waals surface area contributed by atoms with Crippen LogP contribution in [-0.2, 0) is 27.4 Å². The highest BCUT2D eigenvalue weighted by atomic mass is 16.5. The number of hydrogen-bond donors (Lipinski definition) is 1. The molecule has 0 radical (unpaired) electrons. The molecule has 5 rings (SSSR count). The number of fused-ring (bicyclic) bond motifs is 1. The summed E-state index contributed by atoms with van der Waals surface area (Å²) in [7, 11) is 1.59. The van der Waals surface area contributed by atoms with Crippen LogP contribution in [0, 0.1) is 0 Å². The van der Waals surface area contributed by atoms with Crippen molar-refractivity contribution in [2.24, 2.45) is 0 Å². The summed E-state index contributed by atoms with van der Waals surface area (Å²) in [6.45, 7) is 1.19. The Labute approximate surface area is 221 Å². The van der Waals surface area contributed by atoms with E-state index in [9.17, 15) is 9.59 Å². The van der Waals surface area contributed by atoms with Gasteiger partial charge in [-0.1, -0.05) is 65.9 Å². The zero-order valence-corrected chi connectivity index (χ0v) is 21.3. The number of rotatable bonds is 10. The highest BCUT2D eigenvalue weighted by Gasteiger charge is 2.33. The van der Waals surface area contributed by atoms with Crippen molar-refractivity contribution < 1.29 is 19.1 Å². The fraction of sp³-hybridized carbons (Fsp3) is 0.310. The van der Waals surface area contributed by atoms with E-state index >= 15 is 0 Å². The van der Waals surface area contributed by atoms with Gasteiger partial charge in [0.1, 0.15) is 23.9 Å². The standard InChI is InChI=1S/C29H31N5O4/c1-37-26-16-8-5-12-22(26)19-33(27(35)20-34-25-15-7-6-14-24(25)31-32-34)28(21-10-3-2-4-11-21)29(36)30-18-23-13-9-17-38-23/h2-8,10-12,14-16,23,28H,9,13,17-20H2,1H3,(H,30,36)/t23-,28+/m0/s1. The number of methoxy groups -OCH3 is 1. The van der Waals surface area contributed by atoms with Crippen molar-refractivity contribution in [2.45, 2.75) is 38.1 Å². The van der Waals surface area contributed by atoms with Gasteiger partial charge in [-0.2, -0.15) is 0 Å². The summed E-state index contributed by atoms with van der Waals surface area (Å²) < 4.78 is 12.8. The van der Waals surface area contributed by atoms with Gasteiger partial charge in [0.05, 0.1) is 25.3 Å². The monoisotopic (exact) mass is 513 g/mol. The maximum atomic E-state index is 14.0. The molecule has 2 heterocycles. The van der Waals surface area contributed by atoms with Crippen molar-refractivity contribution in [3.63, 3.8) is 0 Å². The van der Waals surface area contributed by atoms with Crippen LogP contribution in [-0.4, -0.2) is 58.1 Å². The number of aromatic nitrogens is 3. The van der Waals surface area contributed by atoms with Crippen LogP contribution in [0.25, 0.3) is 11.0 Å². The predicted octanol–water partition coefficient (Wildman–Crippen LogP) is 3.51. The molecule has 9 nitrogen and oxygen atoms in total. The van der Waals surface area contributed by atoms with Gasteiger partial charge in [-0.25, -0.2) is 4.68 Å². The smallest absolute Gasteiger partial charge is 0.247 e. The molecule has 1 aliphatic heterocycles. The van der Waals surface area contributed by atoms with Crippen LogP contribution >= 0.6 is 0 Å². The van der Waals surface area contributed by atoms with Crippen LogP contribution in [0.3, 0.4) is 0 Å². The second-order valence-corrected chi connectivity index (χ2v) is 9.26. The van der Waals surface area contributed by atoms with E-state index in [1.165, 1.54) is 0 Å². The Kier molecular flexibility index (Phi) is 7.94. The quantitative estimate of drug-likeness (QED) is 0.349. The summed E-state index contributed by atoms with van der Waals surface area (Å²) in [4.78, 5) is 29.4. The average molecular weight is 514 g/mol. The first-order chi connectivity index (χ1) is 18.6. The van der Waals surface area contributed by atoms with Crippen molar-refractivity contribution in [3.8, 4) is 5.75 Å². The number of nitrogens with one attached hydrogen (secondary N) is 1. The van der Waals surface area contributed by atoms with Crippen molar-refractivity contribution in [1.29, 1.82) is 0 Å². The van der Waals surface area contributed by atoms with Gasteiger partial charge in [-0.05, 0) is 36.6 Å². The molecule has 1 aromatic heterocycles. The number of para-hydroxylation sites is 2. The van der Waals surface area contributed by atoms with E-state index < -0.39 is 6.04 Å². The first-order valence-electron chi connectivity index (χ1n) is 12.8. The maximum Gasteiger partial charge on any atom is 0.247 e. The number of ether oxygens (including phenoxy) is 2. The third kappa shape index (κ3) is 5.68. The van der Waals surface area contributed by atoms with Crippen LogP contribution in [0.1, 0.15) is 30.0 Å². The summed E-state index contributed by atoms with van der Waals surface area (Å²) in [6, 6.07) is 23.5. The molecule has 1 fully saturated rings. The van der Waals surface area contributed by atoms with Gasteiger partial charge in [0.15, 0.2) is 0 Å². The average Bonchev–Trinajstić information content (AvgIpc) is 3.63. The van der Waals surface area contributed by atoms with E-state index in [1.807, 2.05) is 78.9 Å². The van der Waals surface area contributed by atoms with E-state index in [0.29, 0.717) is 30.0 Å². The summed E-state index contributed by atoms with van der Waals surface area (Å²) in [5.74, 6) is 0.106. The predicted molar refractivity (Wildman–Crippen MR) is 142 cm³/mol. The van der Waals surface area contributed by atoms with E-state index in [-0.39, 0.29) is 31.0 Å². The number of carbonyl (C=O) groups excluding carboxylic acids is 2. The second kappa shape index (κ2) is 11.9. The number of benzene rings is 3. The summed E-state index contributed by atoms with van der Waals surface area (Å²) in [5, 5.41) is 11.4. The normalized spacial score (nSPS) is 15.8. The minimum atomic E-state index is -0.871. The highest BCUT2D eigenvalue weighted by molar-refractivity contribution is 5.89. The Morgan fingerprint density at radius 3 is 2.63 bits per heavy atom. The van der Waals surface area contributed by atoms with Gasteiger partial charge in [-0.15, -0.1) is 5.10 Å². The fourth-order valence-electron chi connectivity index (χ4n) is 4.82. The lowest BCUT2D eigenvalue weighted by atomic mass is 10.0. The van der Waals surface area contributed by atoms with E-state index in [4.69, 9.17) is 9.47 Å². The molecule has 1 saturated heterocycles. The molecule has 0 spiro atoms. The van der Waals surface area contributed by atoms with Crippen molar-refractivity contribution in [2.75, 3.05) is 20.3 Å². The van der Waals surface area contributed by atoms with E-state index in [0.717, 1.165) is 23.9 Å². The number of hydrogen-bond acceptors (Lipinski definition) is 6. The molecule has 1 aliphatic rings. The molecule has 9 heteroatoms. The molecular weight excluding hydrogens is 482 g/mol. The number of amides is 2. The van der Waals surface area contributed by atoms with Gasteiger partial charge in [0, 0.05) is 18.7 Å². The summed E-state index contributed by atoms with van der Waals surface area (Å²) in [5.41, 5.74) is 2.95. The van der Waals surface area contributed by atoms with Crippen LogP contribution in [0.4, 0.5) is 0 Å². The molecule has 2 atom stereocenters. The third-order valence-corrected chi connectivity index (χ3v) is 6.76. The summed E-state index contributed by atoms with van der Waals surface area (Å²) >= 11 is 0. The summed E-state index contributed by atoms with van der Waals surface area (Å²) in [6.07, 6.45) is 1.86. The molecule has 0 bridgehead atoms. The first kappa shape index (κ1) is 25.4. The van der Waals surface area contributed by atoms with Crippen LogP contribution in [0.15, 0.2) is 78.9 Å². The van der Waals surface area contributed by atoms with Crippen molar-refractivity contribution in [1.82, 2.24) is 25.2 Å². The third-order valence-electron chi connectivity index (χ3n) is 6.76. The van der Waals surface area contributed by atoms with Crippen molar-refractivity contribution in [3.05, 3.63) is 90.0 Å². The van der Waals surface area contributed by atoms with Gasteiger partial charge in [0.2, 0.25) is 11.8 Å². The first-order valence-corrected chi connectivity index (χ1v) is 12.8. The number of nitrogens with zero attached hydrogens (tertiary/aromatic N) is 4. The molecule has 0 aliphatic carbocycles. The van der Waals surface area contributed by atoms with Gasteiger partial charge < -0.3 is 19.7 Å². The molecule has 38 heavy (non-hydrogen) atoms. The van der Waals surface area contributed by atoms with Crippen LogP contribution in [0.5, 0.6) is 5.75 Å². The Morgan fingerprint density at radius 2 is 1.84 bits per heavy atom. The highest BCUT2D eigenvalue weighted by Crippen LogP contribution is 2.28. The zero-order valence-electron chi connectivity index (χ0n) is 21.3. The van der Waals surface area contributed by atoms with E-state index in [2.05, 4.69) is 15.6 Å². The molecule has 3 aromatic carbocycles. The molecule has 196 valence electrons. The van der Waals surface area contributed by atoms with Crippen molar-refractivity contribution >= 4 is 22.8 Å². The molecule has 0 saturated carbocycles. The largest absolute Gasteiger partial charge is 0.496 e. The molecule has 1 N–H and O–H groups in total. The lowest BCUT2D eigenvalue weighted by molar-refractivity contribution is -0.142. The molecule has 4 aromatic rings. The van der Waals surface area contributed by atoms with Crippen LogP contribution < -0.4 is 10.1 Å². The zero-order chi connectivity index (χ0) is 26.3.